The van der Waals surface area contributed by atoms with Gasteiger partial charge in [0.15, 0.2) is 11.5 Å². The molecule has 1 unspecified atom stereocenters. The van der Waals surface area contributed by atoms with Crippen LogP contribution in [0.4, 0.5) is 19.0 Å². The van der Waals surface area contributed by atoms with Crippen molar-refractivity contribution in [3.05, 3.63) is 52.8 Å². The molecule has 3 aromatic rings. The Labute approximate surface area is 184 Å². The van der Waals surface area contributed by atoms with Crippen molar-refractivity contribution in [1.82, 2.24) is 9.97 Å². The molecule has 2 aliphatic rings. The molecule has 5 nitrogen and oxygen atoms in total. The number of rotatable bonds is 3. The molecule has 1 aliphatic heterocycles. The van der Waals surface area contributed by atoms with E-state index in [1.807, 2.05) is 19.1 Å². The van der Waals surface area contributed by atoms with E-state index in [4.69, 9.17) is 9.47 Å². The molecule has 0 radical (unpaired) electrons. The van der Waals surface area contributed by atoms with Crippen LogP contribution in [-0.2, 0) is 6.18 Å². The van der Waals surface area contributed by atoms with E-state index >= 15 is 0 Å². The van der Waals surface area contributed by atoms with Gasteiger partial charge < -0.3 is 14.8 Å². The van der Waals surface area contributed by atoms with Gasteiger partial charge in [-0.3, -0.25) is 0 Å². The Balaban J connectivity index is 1.51. The summed E-state index contributed by atoms with van der Waals surface area (Å²) >= 11 is 0. The number of fused-ring (bicyclic) bond motifs is 2. The molecule has 1 atom stereocenters. The van der Waals surface area contributed by atoms with E-state index in [1.165, 1.54) is 13.0 Å². The van der Waals surface area contributed by atoms with Gasteiger partial charge in [-0.15, -0.1) is 0 Å². The van der Waals surface area contributed by atoms with Crippen molar-refractivity contribution >= 4 is 16.7 Å². The van der Waals surface area contributed by atoms with E-state index in [-0.39, 0.29) is 11.0 Å². The van der Waals surface area contributed by atoms with E-state index < -0.39 is 17.8 Å². The first-order valence-corrected chi connectivity index (χ1v) is 10.7. The number of aromatic nitrogens is 2. The molecule has 1 aromatic heterocycles. The number of hydrogen-bond acceptors (Lipinski definition) is 5. The SMILES string of the molecule is Cc1nc(NC(C)c2cccc(C(F)(F)F)c2C)c2cc3c(cc2n1)OCC1(CC1)CO3. The van der Waals surface area contributed by atoms with Crippen LogP contribution in [0.5, 0.6) is 11.5 Å². The summed E-state index contributed by atoms with van der Waals surface area (Å²) in [7, 11) is 0. The third-order valence-electron chi connectivity index (χ3n) is 6.40. The van der Waals surface area contributed by atoms with Crippen LogP contribution in [0.1, 0.15) is 48.3 Å². The fourth-order valence-corrected chi connectivity index (χ4v) is 4.27. The second kappa shape index (κ2) is 7.25. The summed E-state index contributed by atoms with van der Waals surface area (Å²) < 4.78 is 52.2. The first-order valence-electron chi connectivity index (χ1n) is 10.7. The molecule has 1 aliphatic carbocycles. The standard InChI is InChI=1S/C24H24F3N3O2/c1-13-16(5-4-6-18(13)24(25,26)27)14(2)28-22-17-9-20-21(10-19(17)29-15(3)30-22)32-12-23(7-8-23)11-31-20/h4-6,9-10,14H,7-8,11-12H2,1-3H3,(H,28,29,30). The number of anilines is 1. The van der Waals surface area contributed by atoms with Crippen molar-refractivity contribution in [2.45, 2.75) is 45.8 Å². The minimum Gasteiger partial charge on any atom is -0.489 e. The Bertz CT molecular complexity index is 1210. The van der Waals surface area contributed by atoms with Crippen LogP contribution >= 0.6 is 0 Å². The highest BCUT2D eigenvalue weighted by Crippen LogP contribution is 2.49. The number of benzene rings is 2. The Morgan fingerprint density at radius 3 is 2.38 bits per heavy atom. The largest absolute Gasteiger partial charge is 0.489 e. The normalized spacial score (nSPS) is 17.8. The minimum absolute atomic E-state index is 0.115. The lowest BCUT2D eigenvalue weighted by molar-refractivity contribution is -0.138. The van der Waals surface area contributed by atoms with Gasteiger partial charge >= 0.3 is 6.18 Å². The molecular formula is C24H24F3N3O2. The van der Waals surface area contributed by atoms with Crippen LogP contribution in [0.3, 0.4) is 0 Å². The van der Waals surface area contributed by atoms with Crippen molar-refractivity contribution in [3.8, 4) is 11.5 Å². The number of ether oxygens (including phenoxy) is 2. The third-order valence-corrected chi connectivity index (χ3v) is 6.40. The minimum atomic E-state index is -4.40. The van der Waals surface area contributed by atoms with Crippen LogP contribution in [0.2, 0.25) is 0 Å². The summed E-state index contributed by atoms with van der Waals surface area (Å²) in [5.41, 5.74) is 0.952. The monoisotopic (exact) mass is 443 g/mol. The van der Waals surface area contributed by atoms with E-state index in [9.17, 15) is 13.2 Å². The maximum absolute atomic E-state index is 13.4. The molecule has 8 heteroatoms. The average molecular weight is 443 g/mol. The molecule has 5 rings (SSSR count). The fourth-order valence-electron chi connectivity index (χ4n) is 4.27. The number of nitrogens with zero attached hydrogens (tertiary/aromatic N) is 2. The van der Waals surface area contributed by atoms with Gasteiger partial charge in [0.2, 0.25) is 0 Å². The average Bonchev–Trinajstić information content (AvgIpc) is 3.52. The molecule has 0 saturated heterocycles. The zero-order valence-corrected chi connectivity index (χ0v) is 18.1. The van der Waals surface area contributed by atoms with Crippen LogP contribution in [-0.4, -0.2) is 23.2 Å². The van der Waals surface area contributed by atoms with Crippen molar-refractivity contribution in [1.29, 1.82) is 0 Å². The van der Waals surface area contributed by atoms with Crippen molar-refractivity contribution in [2.75, 3.05) is 18.5 Å². The van der Waals surface area contributed by atoms with Gasteiger partial charge in [-0.25, -0.2) is 9.97 Å². The Kier molecular flexibility index (Phi) is 4.72. The summed E-state index contributed by atoms with van der Waals surface area (Å²) in [6, 6.07) is 7.56. The second-order valence-electron chi connectivity index (χ2n) is 8.90. The Hall–Kier alpha value is -3.03. The molecule has 1 saturated carbocycles. The first-order chi connectivity index (χ1) is 15.2. The molecule has 168 valence electrons. The Morgan fingerprint density at radius 1 is 1.03 bits per heavy atom. The first kappa shape index (κ1) is 20.8. The number of halogens is 3. The van der Waals surface area contributed by atoms with Crippen LogP contribution in [0, 0.1) is 19.3 Å². The molecule has 0 bridgehead atoms. The summed E-state index contributed by atoms with van der Waals surface area (Å²) in [4.78, 5) is 9.08. The number of aryl methyl sites for hydroxylation is 1. The lowest BCUT2D eigenvalue weighted by Crippen LogP contribution is -2.17. The predicted molar refractivity (Wildman–Crippen MR) is 115 cm³/mol. The number of hydrogen-bond donors (Lipinski definition) is 1. The van der Waals surface area contributed by atoms with E-state index in [2.05, 4.69) is 15.3 Å². The quantitative estimate of drug-likeness (QED) is 0.539. The summed E-state index contributed by atoms with van der Waals surface area (Å²) in [5, 5.41) is 4.03. The maximum atomic E-state index is 13.4. The Morgan fingerprint density at radius 2 is 1.72 bits per heavy atom. The topological polar surface area (TPSA) is 56.3 Å². The summed E-state index contributed by atoms with van der Waals surface area (Å²) in [5.74, 6) is 2.40. The van der Waals surface area contributed by atoms with Crippen molar-refractivity contribution in [3.63, 3.8) is 0 Å². The van der Waals surface area contributed by atoms with Gasteiger partial charge in [-0.1, -0.05) is 12.1 Å². The van der Waals surface area contributed by atoms with Crippen LogP contribution < -0.4 is 14.8 Å². The highest BCUT2D eigenvalue weighted by Gasteiger charge is 2.46. The molecule has 1 spiro atoms. The van der Waals surface area contributed by atoms with Gasteiger partial charge in [0.05, 0.1) is 30.3 Å². The molecule has 1 fully saturated rings. The zero-order valence-electron chi connectivity index (χ0n) is 18.1. The summed E-state index contributed by atoms with van der Waals surface area (Å²) in [6.45, 7) is 6.35. The predicted octanol–water partition coefficient (Wildman–Crippen LogP) is 5.99. The van der Waals surface area contributed by atoms with Gasteiger partial charge in [-0.05, 0) is 56.9 Å². The van der Waals surface area contributed by atoms with E-state index in [0.717, 1.165) is 24.3 Å². The molecule has 2 heterocycles. The lowest BCUT2D eigenvalue weighted by Gasteiger charge is -2.21. The fraction of sp³-hybridized carbons (Fsp3) is 0.417. The zero-order chi connectivity index (χ0) is 22.7. The van der Waals surface area contributed by atoms with Crippen LogP contribution in [0.25, 0.3) is 10.9 Å². The number of nitrogens with one attached hydrogen (secondary N) is 1. The van der Waals surface area contributed by atoms with Crippen molar-refractivity contribution < 1.29 is 22.6 Å². The molecular weight excluding hydrogens is 419 g/mol. The van der Waals surface area contributed by atoms with Crippen LogP contribution in [0.15, 0.2) is 30.3 Å². The van der Waals surface area contributed by atoms with Crippen molar-refractivity contribution in [2.24, 2.45) is 5.41 Å². The molecule has 1 N–H and O–H groups in total. The molecule has 32 heavy (non-hydrogen) atoms. The highest BCUT2D eigenvalue weighted by molar-refractivity contribution is 5.92. The third kappa shape index (κ3) is 3.72. The second-order valence-corrected chi connectivity index (χ2v) is 8.90. The van der Waals surface area contributed by atoms with Gasteiger partial charge in [0.1, 0.15) is 11.6 Å². The lowest BCUT2D eigenvalue weighted by atomic mass is 9.97. The van der Waals surface area contributed by atoms with Gasteiger partial charge in [0, 0.05) is 16.9 Å². The van der Waals surface area contributed by atoms with E-state index in [0.29, 0.717) is 47.4 Å². The molecule has 2 aromatic carbocycles. The number of alkyl halides is 3. The van der Waals surface area contributed by atoms with Gasteiger partial charge in [-0.2, -0.15) is 13.2 Å². The van der Waals surface area contributed by atoms with Gasteiger partial charge in [0.25, 0.3) is 0 Å². The smallest absolute Gasteiger partial charge is 0.416 e. The maximum Gasteiger partial charge on any atom is 0.416 e. The molecule has 0 amide bonds. The summed E-state index contributed by atoms with van der Waals surface area (Å²) in [6.07, 6.45) is -2.20. The van der Waals surface area contributed by atoms with E-state index in [1.54, 1.807) is 13.0 Å². The highest BCUT2D eigenvalue weighted by atomic mass is 19.4.